The minimum atomic E-state index is -0.623. The summed E-state index contributed by atoms with van der Waals surface area (Å²) in [5.41, 5.74) is -1.88. The third kappa shape index (κ3) is 6.24. The summed E-state index contributed by atoms with van der Waals surface area (Å²) in [6.07, 6.45) is 7.03. The average molecular weight is 474 g/mol. The average Bonchev–Trinajstić information content (AvgIpc) is 2.99. The second kappa shape index (κ2) is 10.4. The fraction of sp³-hybridized carbons (Fsp3) is 0.625. The maximum Gasteiger partial charge on any atom is 0.408 e. The van der Waals surface area contributed by atoms with E-state index in [-0.39, 0.29) is 23.1 Å². The van der Waals surface area contributed by atoms with Gasteiger partial charge in [-0.05, 0) is 46.1 Å². The Morgan fingerprint density at radius 3 is 2.47 bits per heavy atom. The van der Waals surface area contributed by atoms with Gasteiger partial charge in [0.15, 0.2) is 0 Å². The molecule has 0 aromatic carbocycles. The van der Waals surface area contributed by atoms with Crippen molar-refractivity contribution in [3.63, 3.8) is 0 Å². The molecule has 0 aliphatic heterocycles. The summed E-state index contributed by atoms with van der Waals surface area (Å²) < 4.78 is 6.85. The minimum absolute atomic E-state index is 0.178. The van der Waals surface area contributed by atoms with Gasteiger partial charge in [0.05, 0.1) is 16.5 Å². The van der Waals surface area contributed by atoms with Crippen LogP contribution in [0.3, 0.4) is 0 Å². The molecule has 10 heteroatoms. The number of amides is 2. The van der Waals surface area contributed by atoms with Crippen LogP contribution in [0.2, 0.25) is 0 Å². The molecule has 2 aromatic rings. The van der Waals surface area contributed by atoms with Gasteiger partial charge in [-0.15, -0.1) is 0 Å². The van der Waals surface area contributed by atoms with Crippen molar-refractivity contribution < 1.29 is 14.3 Å². The van der Waals surface area contributed by atoms with Crippen LogP contribution in [0.4, 0.5) is 4.79 Å². The van der Waals surface area contributed by atoms with E-state index in [1.165, 1.54) is 16.8 Å². The van der Waals surface area contributed by atoms with Crippen LogP contribution in [-0.2, 0) is 11.3 Å². The quantitative estimate of drug-likeness (QED) is 0.552. The summed E-state index contributed by atoms with van der Waals surface area (Å²) in [5.74, 6) is -0.406. The van der Waals surface area contributed by atoms with Crippen molar-refractivity contribution in [2.24, 2.45) is 0 Å². The highest BCUT2D eigenvalue weighted by Gasteiger charge is 2.34. The highest BCUT2D eigenvalue weighted by atomic mass is 16.6. The van der Waals surface area contributed by atoms with Crippen LogP contribution >= 0.6 is 0 Å². The van der Waals surface area contributed by atoms with Crippen molar-refractivity contribution in [1.29, 1.82) is 0 Å². The second-order valence-corrected chi connectivity index (χ2v) is 10.0. The Balaban J connectivity index is 1.81. The number of carbonyl (C=O) groups excluding carboxylic acids is 2. The van der Waals surface area contributed by atoms with Crippen LogP contribution in [0, 0.1) is 0 Å². The predicted octanol–water partition coefficient (Wildman–Crippen LogP) is 2.84. The fourth-order valence-corrected chi connectivity index (χ4v) is 4.35. The van der Waals surface area contributed by atoms with Gasteiger partial charge in [0, 0.05) is 19.3 Å². The van der Waals surface area contributed by atoms with Crippen LogP contribution in [0.25, 0.3) is 11.0 Å². The molecule has 3 N–H and O–H groups in total. The Labute approximate surface area is 198 Å². The normalized spacial score (nSPS) is 16.0. The Kier molecular flexibility index (Phi) is 7.78. The molecule has 3 rings (SSSR count). The number of rotatable bonds is 6. The number of pyridine rings is 1. The lowest BCUT2D eigenvalue weighted by Crippen LogP contribution is -2.56. The fourth-order valence-electron chi connectivity index (χ4n) is 4.35. The molecule has 1 saturated carbocycles. The van der Waals surface area contributed by atoms with Crippen LogP contribution in [-0.4, -0.2) is 44.2 Å². The lowest BCUT2D eigenvalue weighted by molar-refractivity contribution is 0.0437. The third-order valence-electron chi connectivity index (χ3n) is 5.96. The molecule has 2 aromatic heterocycles. The Morgan fingerprint density at radius 2 is 1.85 bits per heavy atom. The lowest BCUT2D eigenvalue weighted by Gasteiger charge is -2.35. The molecule has 1 aliphatic rings. The molecule has 0 radical (unpaired) electrons. The number of alkyl carbamates (subject to hydrolysis) is 1. The first-order valence-electron chi connectivity index (χ1n) is 12.0. The summed E-state index contributed by atoms with van der Waals surface area (Å²) in [5, 5.41) is 6.11. The highest BCUT2D eigenvalue weighted by Crippen LogP contribution is 2.27. The first-order valence-corrected chi connectivity index (χ1v) is 12.0. The number of hydrogen-bond acceptors (Lipinski definition) is 6. The smallest absolute Gasteiger partial charge is 0.408 e. The number of carbonyl (C=O) groups is 2. The second-order valence-electron chi connectivity index (χ2n) is 10.0. The van der Waals surface area contributed by atoms with Crippen LogP contribution in [0.5, 0.6) is 0 Å². The van der Waals surface area contributed by atoms with Gasteiger partial charge in [0.25, 0.3) is 11.5 Å². The number of nitrogens with one attached hydrogen (secondary N) is 3. The van der Waals surface area contributed by atoms with Crippen LogP contribution < -0.4 is 21.9 Å². The molecule has 1 fully saturated rings. The molecule has 0 saturated heterocycles. The largest absolute Gasteiger partial charge is 0.444 e. The molecule has 2 amide bonds. The van der Waals surface area contributed by atoms with E-state index in [0.717, 1.165) is 38.5 Å². The first-order chi connectivity index (χ1) is 16.0. The van der Waals surface area contributed by atoms with Crippen LogP contribution in [0.1, 0.15) is 83.0 Å². The number of aromatic amines is 1. The summed E-state index contributed by atoms with van der Waals surface area (Å²) in [6, 6.07) is 1.45. The minimum Gasteiger partial charge on any atom is -0.444 e. The number of ether oxygens (including phenoxy) is 1. The molecule has 186 valence electrons. The molecular formula is C24H35N5O5. The molecule has 10 nitrogen and oxygen atoms in total. The third-order valence-corrected chi connectivity index (χ3v) is 5.96. The van der Waals surface area contributed by atoms with Crippen molar-refractivity contribution in [3.05, 3.63) is 38.7 Å². The van der Waals surface area contributed by atoms with Crippen molar-refractivity contribution in [2.45, 2.75) is 90.3 Å². The van der Waals surface area contributed by atoms with E-state index in [0.29, 0.717) is 13.0 Å². The number of H-pyrrole nitrogens is 1. The zero-order valence-corrected chi connectivity index (χ0v) is 20.5. The van der Waals surface area contributed by atoms with Gasteiger partial charge in [0.1, 0.15) is 11.2 Å². The van der Waals surface area contributed by atoms with E-state index in [1.807, 2.05) is 27.7 Å². The van der Waals surface area contributed by atoms with E-state index >= 15 is 0 Å². The molecule has 0 spiro atoms. The summed E-state index contributed by atoms with van der Waals surface area (Å²) in [7, 11) is 0. The summed E-state index contributed by atoms with van der Waals surface area (Å²) in [4.78, 5) is 56.5. The van der Waals surface area contributed by atoms with Crippen molar-refractivity contribution in [3.8, 4) is 0 Å². The number of aryl methyl sites for hydroxylation is 1. The number of aromatic nitrogens is 3. The summed E-state index contributed by atoms with van der Waals surface area (Å²) in [6.45, 7) is 7.98. The van der Waals surface area contributed by atoms with E-state index in [1.54, 1.807) is 0 Å². The molecule has 0 bridgehead atoms. The lowest BCUT2D eigenvalue weighted by atomic mass is 9.90. The SMILES string of the molecule is CCCn1c(=O)[nH]c(=O)c2cc(C(=O)NCC3(NC(=O)OC(C)(C)C)CCCCCC3)cnc21. The molecule has 34 heavy (non-hydrogen) atoms. The topological polar surface area (TPSA) is 135 Å². The monoisotopic (exact) mass is 473 g/mol. The maximum absolute atomic E-state index is 13.0. The zero-order chi connectivity index (χ0) is 24.9. The standard InChI is InChI=1S/C24H35N5O5/c1-5-12-29-18-17(20(31)27-21(29)32)13-16(14-25-18)19(30)26-15-24(10-8-6-7-9-11-24)28-22(33)34-23(2,3)4/h13-14H,5-12,15H2,1-4H3,(H,26,30)(H,28,33)(H,27,31,32). The molecule has 0 atom stereocenters. The Morgan fingerprint density at radius 1 is 1.18 bits per heavy atom. The zero-order valence-electron chi connectivity index (χ0n) is 20.5. The highest BCUT2D eigenvalue weighted by molar-refractivity contribution is 5.96. The maximum atomic E-state index is 13.0. The molecule has 1 aliphatic carbocycles. The number of fused-ring (bicyclic) bond motifs is 1. The van der Waals surface area contributed by atoms with Crippen molar-refractivity contribution >= 4 is 23.0 Å². The van der Waals surface area contributed by atoms with E-state index in [4.69, 9.17) is 4.74 Å². The Hall–Kier alpha value is -3.17. The molecule has 2 heterocycles. The van der Waals surface area contributed by atoms with Gasteiger partial charge in [-0.1, -0.05) is 32.6 Å². The van der Waals surface area contributed by atoms with Gasteiger partial charge < -0.3 is 15.4 Å². The van der Waals surface area contributed by atoms with Crippen molar-refractivity contribution in [2.75, 3.05) is 6.54 Å². The van der Waals surface area contributed by atoms with Gasteiger partial charge in [-0.3, -0.25) is 19.1 Å². The van der Waals surface area contributed by atoms with Crippen molar-refractivity contribution in [1.82, 2.24) is 25.2 Å². The van der Waals surface area contributed by atoms with E-state index < -0.39 is 34.4 Å². The van der Waals surface area contributed by atoms with Gasteiger partial charge in [-0.2, -0.15) is 0 Å². The number of hydrogen-bond donors (Lipinski definition) is 3. The van der Waals surface area contributed by atoms with E-state index in [2.05, 4.69) is 20.6 Å². The van der Waals surface area contributed by atoms with Gasteiger partial charge in [0.2, 0.25) is 0 Å². The summed E-state index contributed by atoms with van der Waals surface area (Å²) >= 11 is 0. The van der Waals surface area contributed by atoms with Gasteiger partial charge in [-0.25, -0.2) is 14.6 Å². The first kappa shape index (κ1) is 25.5. The van der Waals surface area contributed by atoms with Gasteiger partial charge >= 0.3 is 11.8 Å². The predicted molar refractivity (Wildman–Crippen MR) is 129 cm³/mol. The molecule has 0 unspecified atom stereocenters. The number of nitrogens with zero attached hydrogens (tertiary/aromatic N) is 2. The van der Waals surface area contributed by atoms with Crippen LogP contribution in [0.15, 0.2) is 21.9 Å². The van der Waals surface area contributed by atoms with E-state index in [9.17, 15) is 19.2 Å². The Bertz CT molecular complexity index is 1150. The molecular weight excluding hydrogens is 438 g/mol.